The van der Waals surface area contributed by atoms with Crippen molar-refractivity contribution in [2.24, 2.45) is 5.92 Å². The minimum Gasteiger partial charge on any atom is -0.459 e. The number of nitrogens with zero attached hydrogens (tertiary/aromatic N) is 2. The number of likely N-dealkylation sites (tertiary alicyclic amines) is 1. The van der Waals surface area contributed by atoms with Crippen LogP contribution >= 0.6 is 0 Å². The van der Waals surface area contributed by atoms with Crippen molar-refractivity contribution in [3.05, 3.63) is 24.2 Å². The quantitative estimate of drug-likeness (QED) is 0.817. The number of hydrogen-bond donors (Lipinski definition) is 1. The van der Waals surface area contributed by atoms with Crippen molar-refractivity contribution >= 4 is 17.9 Å². The van der Waals surface area contributed by atoms with Crippen molar-refractivity contribution < 1.29 is 23.5 Å². The Kier molecular flexibility index (Phi) is 6.03. The van der Waals surface area contributed by atoms with Gasteiger partial charge in [0, 0.05) is 19.1 Å². The molecule has 148 valence electrons. The third-order valence-corrected chi connectivity index (χ3v) is 5.10. The van der Waals surface area contributed by atoms with E-state index in [1.165, 1.54) is 6.26 Å². The maximum atomic E-state index is 12.3. The summed E-state index contributed by atoms with van der Waals surface area (Å²) in [5.74, 6) is 0.146. The number of ether oxygens (including phenoxy) is 1. The lowest BCUT2D eigenvalue weighted by atomic mass is 9.98. The number of hydrogen-bond acceptors (Lipinski definition) is 5. The Morgan fingerprint density at radius 3 is 2.67 bits per heavy atom. The highest BCUT2D eigenvalue weighted by molar-refractivity contribution is 5.94. The maximum Gasteiger partial charge on any atom is 0.410 e. The molecule has 0 aromatic carbocycles. The van der Waals surface area contributed by atoms with Crippen LogP contribution in [0, 0.1) is 5.92 Å². The minimum atomic E-state index is -0.403. The van der Waals surface area contributed by atoms with Crippen molar-refractivity contribution in [1.82, 2.24) is 15.1 Å². The van der Waals surface area contributed by atoms with Gasteiger partial charge in [-0.3, -0.25) is 14.5 Å². The Bertz CT molecular complexity index is 665. The standard InChI is InChI=1S/C19H27N3O5/c1-13(2)10-15-12-27-19(25)22(15)14-5-7-21(8-6-14)17(23)11-20-18(24)16-4-3-9-26-16/h3-4,9,13-15H,5-8,10-12H2,1-2H3,(H,20,24). The number of piperidine rings is 1. The molecule has 2 fully saturated rings. The van der Waals surface area contributed by atoms with Gasteiger partial charge in [0.15, 0.2) is 5.76 Å². The number of cyclic esters (lactones) is 1. The summed E-state index contributed by atoms with van der Waals surface area (Å²) in [4.78, 5) is 39.9. The first-order chi connectivity index (χ1) is 13.0. The molecule has 3 rings (SSSR count). The van der Waals surface area contributed by atoms with Gasteiger partial charge < -0.3 is 19.4 Å². The van der Waals surface area contributed by atoms with Gasteiger partial charge in [-0.15, -0.1) is 0 Å². The molecule has 3 heterocycles. The first-order valence-corrected chi connectivity index (χ1v) is 9.50. The van der Waals surface area contributed by atoms with E-state index in [1.807, 2.05) is 4.90 Å². The van der Waals surface area contributed by atoms with Crippen LogP contribution in [-0.4, -0.2) is 66.0 Å². The average molecular weight is 377 g/mol. The van der Waals surface area contributed by atoms with E-state index in [4.69, 9.17) is 9.15 Å². The van der Waals surface area contributed by atoms with E-state index in [0.29, 0.717) is 25.6 Å². The van der Waals surface area contributed by atoms with Gasteiger partial charge in [-0.1, -0.05) is 13.8 Å². The van der Waals surface area contributed by atoms with Crippen molar-refractivity contribution in [2.75, 3.05) is 26.2 Å². The second-order valence-electron chi connectivity index (χ2n) is 7.54. The van der Waals surface area contributed by atoms with Gasteiger partial charge in [-0.05, 0) is 37.3 Å². The second kappa shape index (κ2) is 8.45. The third-order valence-electron chi connectivity index (χ3n) is 5.10. The van der Waals surface area contributed by atoms with Crippen LogP contribution in [0.3, 0.4) is 0 Å². The highest BCUT2D eigenvalue weighted by Crippen LogP contribution is 2.27. The molecule has 0 aliphatic carbocycles. The summed E-state index contributed by atoms with van der Waals surface area (Å²) in [6.07, 6.45) is 3.54. The molecular weight excluding hydrogens is 350 g/mol. The zero-order valence-corrected chi connectivity index (χ0v) is 15.8. The second-order valence-corrected chi connectivity index (χ2v) is 7.54. The van der Waals surface area contributed by atoms with Crippen LogP contribution in [0.5, 0.6) is 0 Å². The summed E-state index contributed by atoms with van der Waals surface area (Å²) in [6.45, 7) is 5.80. The lowest BCUT2D eigenvalue weighted by Gasteiger charge is -2.38. The smallest absolute Gasteiger partial charge is 0.410 e. The Morgan fingerprint density at radius 1 is 1.30 bits per heavy atom. The fourth-order valence-corrected chi connectivity index (χ4v) is 3.80. The van der Waals surface area contributed by atoms with Gasteiger partial charge in [-0.25, -0.2) is 4.79 Å². The van der Waals surface area contributed by atoms with Crippen LogP contribution in [0.2, 0.25) is 0 Å². The average Bonchev–Trinajstić information content (AvgIpc) is 3.29. The molecular formula is C19H27N3O5. The van der Waals surface area contributed by atoms with E-state index >= 15 is 0 Å². The van der Waals surface area contributed by atoms with Gasteiger partial charge in [-0.2, -0.15) is 0 Å². The molecule has 8 nitrogen and oxygen atoms in total. The molecule has 0 radical (unpaired) electrons. The van der Waals surface area contributed by atoms with Crippen LogP contribution in [0.1, 0.15) is 43.7 Å². The highest BCUT2D eigenvalue weighted by Gasteiger charge is 2.39. The molecule has 2 saturated heterocycles. The van der Waals surface area contributed by atoms with E-state index < -0.39 is 5.91 Å². The van der Waals surface area contributed by atoms with Crippen LogP contribution in [0.25, 0.3) is 0 Å². The predicted molar refractivity (Wildman–Crippen MR) is 97.1 cm³/mol. The van der Waals surface area contributed by atoms with Crippen LogP contribution in [0.4, 0.5) is 4.79 Å². The Labute approximate surface area is 158 Å². The Morgan fingerprint density at radius 2 is 2.04 bits per heavy atom. The first-order valence-electron chi connectivity index (χ1n) is 9.50. The summed E-state index contributed by atoms with van der Waals surface area (Å²) >= 11 is 0. The van der Waals surface area contributed by atoms with Crippen LogP contribution < -0.4 is 5.32 Å². The number of nitrogens with one attached hydrogen (secondary N) is 1. The highest BCUT2D eigenvalue weighted by atomic mass is 16.6. The normalized spacial score (nSPS) is 20.9. The summed E-state index contributed by atoms with van der Waals surface area (Å²) < 4.78 is 10.3. The SMILES string of the molecule is CC(C)CC1COC(=O)N1C1CCN(C(=O)CNC(=O)c2ccco2)CC1. The molecule has 1 N–H and O–H groups in total. The Hall–Kier alpha value is -2.51. The monoisotopic (exact) mass is 377 g/mol. The molecule has 2 aliphatic rings. The molecule has 27 heavy (non-hydrogen) atoms. The number of furan rings is 1. The van der Waals surface area contributed by atoms with Gasteiger partial charge in [0.25, 0.3) is 5.91 Å². The van der Waals surface area contributed by atoms with Crippen molar-refractivity contribution in [2.45, 2.75) is 45.2 Å². The molecule has 0 saturated carbocycles. The van der Waals surface area contributed by atoms with Gasteiger partial charge >= 0.3 is 6.09 Å². The maximum absolute atomic E-state index is 12.3. The van der Waals surface area contributed by atoms with Crippen molar-refractivity contribution in [3.8, 4) is 0 Å². The van der Waals surface area contributed by atoms with E-state index in [0.717, 1.165) is 19.3 Å². The fraction of sp³-hybridized carbons (Fsp3) is 0.632. The zero-order valence-electron chi connectivity index (χ0n) is 15.8. The number of amides is 3. The molecule has 1 aromatic rings. The molecule has 1 aromatic heterocycles. The zero-order chi connectivity index (χ0) is 19.4. The molecule has 3 amide bonds. The number of carbonyl (C=O) groups excluding carboxylic acids is 3. The van der Waals surface area contributed by atoms with E-state index in [1.54, 1.807) is 17.0 Å². The minimum absolute atomic E-state index is 0.0636. The van der Waals surface area contributed by atoms with Gasteiger partial charge in [0.05, 0.1) is 18.8 Å². The Balaban J connectivity index is 1.47. The van der Waals surface area contributed by atoms with Crippen molar-refractivity contribution in [3.63, 3.8) is 0 Å². The largest absolute Gasteiger partial charge is 0.459 e. The van der Waals surface area contributed by atoms with Crippen LogP contribution in [0.15, 0.2) is 22.8 Å². The number of rotatable bonds is 6. The number of carbonyl (C=O) groups is 3. The van der Waals surface area contributed by atoms with E-state index in [2.05, 4.69) is 19.2 Å². The lowest BCUT2D eigenvalue weighted by molar-refractivity contribution is -0.131. The van der Waals surface area contributed by atoms with E-state index in [-0.39, 0.29) is 36.4 Å². The summed E-state index contributed by atoms with van der Waals surface area (Å²) in [5, 5.41) is 2.58. The summed E-state index contributed by atoms with van der Waals surface area (Å²) in [7, 11) is 0. The fourth-order valence-electron chi connectivity index (χ4n) is 3.80. The third kappa shape index (κ3) is 4.61. The topological polar surface area (TPSA) is 92.1 Å². The molecule has 0 bridgehead atoms. The molecule has 1 unspecified atom stereocenters. The van der Waals surface area contributed by atoms with Gasteiger partial charge in [0.1, 0.15) is 6.61 Å². The van der Waals surface area contributed by atoms with E-state index in [9.17, 15) is 14.4 Å². The molecule has 8 heteroatoms. The lowest BCUT2D eigenvalue weighted by Crippen LogP contribution is -2.51. The molecule has 1 atom stereocenters. The predicted octanol–water partition coefficient (Wildman–Crippen LogP) is 1.87. The van der Waals surface area contributed by atoms with Crippen molar-refractivity contribution in [1.29, 1.82) is 0 Å². The molecule has 2 aliphatic heterocycles. The summed E-state index contributed by atoms with van der Waals surface area (Å²) in [5.41, 5.74) is 0. The summed E-state index contributed by atoms with van der Waals surface area (Å²) in [6, 6.07) is 3.40. The van der Waals surface area contributed by atoms with Gasteiger partial charge in [0.2, 0.25) is 5.91 Å². The first kappa shape index (κ1) is 19.3. The van der Waals surface area contributed by atoms with Crippen LogP contribution in [-0.2, 0) is 9.53 Å². The molecule has 0 spiro atoms.